The van der Waals surface area contributed by atoms with Crippen LogP contribution in [0.3, 0.4) is 0 Å². The number of likely N-dealkylation sites (N-methyl/N-ethyl adjacent to an activating group) is 1. The van der Waals surface area contributed by atoms with Crippen molar-refractivity contribution in [3.63, 3.8) is 0 Å². The summed E-state index contributed by atoms with van der Waals surface area (Å²) in [7, 11) is -1.77. The van der Waals surface area contributed by atoms with Crippen molar-refractivity contribution in [2.75, 3.05) is 20.1 Å². The van der Waals surface area contributed by atoms with Crippen molar-refractivity contribution in [3.05, 3.63) is 35.4 Å². The standard InChI is InChI=1S/C14H20N2O3S/c1-11-4-6-13(7-5-11)10-20(18,19)16-9-8-15(3)14(17)12(16)2/h4-7,12H,8-10H2,1-3H3. The fourth-order valence-corrected chi connectivity index (χ4v) is 4.06. The molecule has 5 nitrogen and oxygen atoms in total. The molecular weight excluding hydrogens is 276 g/mol. The van der Waals surface area contributed by atoms with Gasteiger partial charge in [0.05, 0.1) is 5.75 Å². The monoisotopic (exact) mass is 296 g/mol. The Morgan fingerprint density at radius 3 is 2.40 bits per heavy atom. The van der Waals surface area contributed by atoms with Crippen molar-refractivity contribution >= 4 is 15.9 Å². The Morgan fingerprint density at radius 1 is 1.20 bits per heavy atom. The second kappa shape index (κ2) is 5.54. The van der Waals surface area contributed by atoms with Crippen molar-refractivity contribution in [2.24, 2.45) is 0 Å². The van der Waals surface area contributed by atoms with Crippen LogP contribution in [0, 0.1) is 6.92 Å². The van der Waals surface area contributed by atoms with Gasteiger partial charge in [-0.15, -0.1) is 0 Å². The predicted molar refractivity (Wildman–Crippen MR) is 77.6 cm³/mol. The summed E-state index contributed by atoms with van der Waals surface area (Å²) >= 11 is 0. The van der Waals surface area contributed by atoms with Gasteiger partial charge in [0.15, 0.2) is 0 Å². The molecule has 0 aromatic heterocycles. The van der Waals surface area contributed by atoms with Crippen LogP contribution in [0.5, 0.6) is 0 Å². The first-order valence-corrected chi connectivity index (χ1v) is 8.22. The van der Waals surface area contributed by atoms with E-state index in [9.17, 15) is 13.2 Å². The van der Waals surface area contributed by atoms with E-state index in [4.69, 9.17) is 0 Å². The van der Waals surface area contributed by atoms with Crippen LogP contribution in [-0.2, 0) is 20.6 Å². The number of piperazine rings is 1. The minimum Gasteiger partial charge on any atom is -0.343 e. The van der Waals surface area contributed by atoms with Gasteiger partial charge in [0.25, 0.3) is 0 Å². The lowest BCUT2D eigenvalue weighted by atomic mass is 10.2. The van der Waals surface area contributed by atoms with Gasteiger partial charge in [-0.2, -0.15) is 4.31 Å². The highest BCUT2D eigenvalue weighted by atomic mass is 32.2. The lowest BCUT2D eigenvalue weighted by Crippen LogP contribution is -2.56. The summed E-state index contributed by atoms with van der Waals surface area (Å²) in [6, 6.07) is 6.79. The average molecular weight is 296 g/mol. The van der Waals surface area contributed by atoms with E-state index in [1.54, 1.807) is 18.9 Å². The van der Waals surface area contributed by atoms with Crippen LogP contribution in [0.4, 0.5) is 0 Å². The van der Waals surface area contributed by atoms with Crippen molar-refractivity contribution in [3.8, 4) is 0 Å². The van der Waals surface area contributed by atoms with Gasteiger partial charge in [-0.05, 0) is 19.4 Å². The van der Waals surface area contributed by atoms with Crippen LogP contribution >= 0.6 is 0 Å². The van der Waals surface area contributed by atoms with E-state index in [-0.39, 0.29) is 11.7 Å². The van der Waals surface area contributed by atoms with Gasteiger partial charge < -0.3 is 4.90 Å². The molecule has 0 saturated carbocycles. The fraction of sp³-hybridized carbons (Fsp3) is 0.500. The molecule has 0 bridgehead atoms. The quantitative estimate of drug-likeness (QED) is 0.836. The molecule has 1 heterocycles. The van der Waals surface area contributed by atoms with E-state index in [1.807, 2.05) is 31.2 Å². The van der Waals surface area contributed by atoms with Gasteiger partial charge in [0.1, 0.15) is 6.04 Å². The van der Waals surface area contributed by atoms with Crippen molar-refractivity contribution in [2.45, 2.75) is 25.6 Å². The molecule has 0 radical (unpaired) electrons. The van der Waals surface area contributed by atoms with Gasteiger partial charge in [-0.25, -0.2) is 8.42 Å². The molecule has 0 N–H and O–H groups in total. The molecular formula is C14H20N2O3S. The van der Waals surface area contributed by atoms with Gasteiger partial charge in [0.2, 0.25) is 15.9 Å². The molecule has 110 valence electrons. The van der Waals surface area contributed by atoms with Crippen molar-refractivity contribution < 1.29 is 13.2 Å². The lowest BCUT2D eigenvalue weighted by Gasteiger charge is -2.36. The zero-order chi connectivity index (χ0) is 14.9. The highest BCUT2D eigenvalue weighted by Gasteiger charge is 2.36. The van der Waals surface area contributed by atoms with Crippen LogP contribution in [-0.4, -0.2) is 49.7 Å². The molecule has 0 aliphatic carbocycles. The number of amides is 1. The molecule has 1 aromatic rings. The lowest BCUT2D eigenvalue weighted by molar-refractivity contribution is -0.136. The molecule has 1 unspecified atom stereocenters. The van der Waals surface area contributed by atoms with Crippen LogP contribution in [0.15, 0.2) is 24.3 Å². The first kappa shape index (κ1) is 15.0. The number of sulfonamides is 1. The summed E-state index contributed by atoms with van der Waals surface area (Å²) in [5.74, 6) is -0.210. The molecule has 20 heavy (non-hydrogen) atoms. The number of rotatable bonds is 3. The third kappa shape index (κ3) is 3.02. The molecule has 2 rings (SSSR count). The second-order valence-corrected chi connectivity index (χ2v) is 7.21. The van der Waals surface area contributed by atoms with Crippen LogP contribution in [0.1, 0.15) is 18.1 Å². The Hall–Kier alpha value is -1.40. The summed E-state index contributed by atoms with van der Waals surface area (Å²) in [6.07, 6.45) is 0. The zero-order valence-corrected chi connectivity index (χ0v) is 12.9. The summed E-state index contributed by atoms with van der Waals surface area (Å²) < 4.78 is 26.2. The first-order valence-electron chi connectivity index (χ1n) is 6.61. The number of aryl methyl sites for hydroxylation is 1. The number of carbonyl (C=O) groups excluding carboxylic acids is 1. The minimum absolute atomic E-state index is 0.0609. The van der Waals surface area contributed by atoms with Crippen molar-refractivity contribution in [1.29, 1.82) is 0 Å². The van der Waals surface area contributed by atoms with Crippen LogP contribution in [0.25, 0.3) is 0 Å². The molecule has 1 fully saturated rings. The largest absolute Gasteiger partial charge is 0.343 e. The minimum atomic E-state index is -3.47. The summed E-state index contributed by atoms with van der Waals surface area (Å²) in [5.41, 5.74) is 1.84. The molecule has 1 aliphatic rings. The molecule has 0 spiro atoms. The first-order chi connectivity index (χ1) is 9.31. The molecule has 6 heteroatoms. The Bertz CT molecular complexity index is 595. The maximum atomic E-state index is 12.5. The smallest absolute Gasteiger partial charge is 0.240 e. The SMILES string of the molecule is Cc1ccc(CS(=O)(=O)N2CCN(C)C(=O)C2C)cc1. The van der Waals surface area contributed by atoms with E-state index in [1.165, 1.54) is 4.31 Å². The highest BCUT2D eigenvalue weighted by Crippen LogP contribution is 2.18. The van der Waals surface area contributed by atoms with Gasteiger partial charge in [0, 0.05) is 20.1 Å². The van der Waals surface area contributed by atoms with Crippen molar-refractivity contribution in [1.82, 2.24) is 9.21 Å². The summed E-state index contributed by atoms with van der Waals surface area (Å²) in [4.78, 5) is 13.5. The van der Waals surface area contributed by atoms with E-state index < -0.39 is 16.1 Å². The van der Waals surface area contributed by atoms with E-state index in [2.05, 4.69) is 0 Å². The average Bonchev–Trinajstić information content (AvgIpc) is 2.38. The van der Waals surface area contributed by atoms with Gasteiger partial charge >= 0.3 is 0 Å². The highest BCUT2D eigenvalue weighted by molar-refractivity contribution is 7.88. The molecule has 1 amide bonds. The molecule has 1 aliphatic heterocycles. The number of benzene rings is 1. The van der Waals surface area contributed by atoms with Gasteiger partial charge in [-0.1, -0.05) is 29.8 Å². The van der Waals surface area contributed by atoms with E-state index in [0.717, 1.165) is 11.1 Å². The summed E-state index contributed by atoms with van der Waals surface area (Å²) in [5, 5.41) is 0. The third-order valence-electron chi connectivity index (χ3n) is 3.65. The topological polar surface area (TPSA) is 57.7 Å². The number of hydrogen-bond donors (Lipinski definition) is 0. The van der Waals surface area contributed by atoms with E-state index >= 15 is 0 Å². The molecule has 1 saturated heterocycles. The Balaban J connectivity index is 2.18. The second-order valence-electron chi connectivity index (χ2n) is 5.29. The van der Waals surface area contributed by atoms with Crippen LogP contribution in [0.2, 0.25) is 0 Å². The Morgan fingerprint density at radius 2 is 1.80 bits per heavy atom. The molecule has 1 atom stereocenters. The van der Waals surface area contributed by atoms with Gasteiger partial charge in [-0.3, -0.25) is 4.79 Å². The number of hydrogen-bond acceptors (Lipinski definition) is 3. The number of carbonyl (C=O) groups is 1. The van der Waals surface area contributed by atoms with Crippen LogP contribution < -0.4 is 0 Å². The Kier molecular flexibility index (Phi) is 4.15. The van der Waals surface area contributed by atoms with E-state index in [0.29, 0.717) is 13.1 Å². The third-order valence-corrected chi connectivity index (χ3v) is 5.56. The zero-order valence-electron chi connectivity index (χ0n) is 12.0. The number of nitrogens with zero attached hydrogens (tertiary/aromatic N) is 2. The normalized spacial score (nSPS) is 21.2. The maximum absolute atomic E-state index is 12.5. The predicted octanol–water partition coefficient (Wildman–Crippen LogP) is 0.987. The fourth-order valence-electron chi connectivity index (χ4n) is 2.35. The summed E-state index contributed by atoms with van der Waals surface area (Å²) in [6.45, 7) is 4.40. The molecule has 1 aromatic carbocycles. The maximum Gasteiger partial charge on any atom is 0.240 e. The Labute approximate surface area is 120 Å².